The molecule has 0 radical (unpaired) electrons. The van der Waals surface area contributed by atoms with Crippen LogP contribution in [0.2, 0.25) is 0 Å². The van der Waals surface area contributed by atoms with Crippen molar-refractivity contribution in [2.75, 3.05) is 16.8 Å². The molecule has 8 nitrogen and oxygen atoms in total. The van der Waals surface area contributed by atoms with E-state index in [1.807, 2.05) is 6.07 Å². The number of amides is 2. The number of hydrogen-bond donors (Lipinski definition) is 3. The first kappa shape index (κ1) is 19.5. The Morgan fingerprint density at radius 2 is 1.88 bits per heavy atom. The van der Waals surface area contributed by atoms with Gasteiger partial charge >= 0.3 is 5.97 Å². The normalized spacial score (nSPS) is 11.6. The summed E-state index contributed by atoms with van der Waals surface area (Å²) in [5.74, 6) is -0.644. The molecule has 1 aromatic carbocycles. The minimum absolute atomic E-state index is 0.0359. The van der Waals surface area contributed by atoms with Crippen LogP contribution in [0.25, 0.3) is 0 Å². The number of carbonyl (C=O) groups excluding carboxylic acids is 2. The van der Waals surface area contributed by atoms with Crippen molar-refractivity contribution in [2.24, 2.45) is 0 Å². The number of nitrogens with one attached hydrogen (secondary N) is 2. The fourth-order valence-corrected chi connectivity index (χ4v) is 2.82. The standard InChI is InChI=1S/C17H19N3O5S/c1-11-7-14(20-25-11)19-16(22)10-26-9-15(21)18-13(8-17(23)24)12-5-3-2-4-6-12/h2-7,13H,8-10H2,1H3,(H,18,21)(H,23,24)(H,19,20,22). The number of carboxylic acid groups (broad SMARTS) is 1. The zero-order valence-corrected chi connectivity index (χ0v) is 14.9. The Hall–Kier alpha value is -2.81. The summed E-state index contributed by atoms with van der Waals surface area (Å²) >= 11 is 1.12. The van der Waals surface area contributed by atoms with Crippen LogP contribution >= 0.6 is 11.8 Å². The molecule has 0 fully saturated rings. The molecule has 0 bridgehead atoms. The quantitative estimate of drug-likeness (QED) is 0.611. The van der Waals surface area contributed by atoms with Gasteiger partial charge in [-0.05, 0) is 12.5 Å². The topological polar surface area (TPSA) is 122 Å². The van der Waals surface area contributed by atoms with Crippen molar-refractivity contribution in [1.29, 1.82) is 0 Å². The Kier molecular flexibility index (Phi) is 7.22. The number of aromatic nitrogens is 1. The Bertz CT molecular complexity index is 763. The van der Waals surface area contributed by atoms with Gasteiger partial charge in [0.05, 0.1) is 24.0 Å². The monoisotopic (exact) mass is 377 g/mol. The van der Waals surface area contributed by atoms with Gasteiger partial charge in [-0.3, -0.25) is 14.4 Å². The Morgan fingerprint density at radius 3 is 2.50 bits per heavy atom. The summed E-state index contributed by atoms with van der Waals surface area (Å²) in [5.41, 5.74) is 0.715. The molecule has 1 heterocycles. The first-order valence-corrected chi connectivity index (χ1v) is 8.96. The number of carboxylic acids is 1. The molecular weight excluding hydrogens is 358 g/mol. The van der Waals surface area contributed by atoms with Crippen molar-refractivity contribution in [3.05, 3.63) is 47.7 Å². The lowest BCUT2D eigenvalue weighted by atomic mass is 10.0. The van der Waals surface area contributed by atoms with E-state index in [4.69, 9.17) is 9.63 Å². The molecule has 0 saturated heterocycles. The molecule has 1 atom stereocenters. The Labute approximate surface area is 154 Å². The van der Waals surface area contributed by atoms with E-state index >= 15 is 0 Å². The summed E-state index contributed by atoms with van der Waals surface area (Å²) in [6.45, 7) is 1.71. The van der Waals surface area contributed by atoms with E-state index in [1.165, 1.54) is 0 Å². The van der Waals surface area contributed by atoms with Crippen LogP contribution in [0.15, 0.2) is 40.9 Å². The number of hydrogen-bond acceptors (Lipinski definition) is 6. The largest absolute Gasteiger partial charge is 0.481 e. The molecule has 1 aromatic heterocycles. The smallest absolute Gasteiger partial charge is 0.305 e. The maximum atomic E-state index is 12.1. The van der Waals surface area contributed by atoms with Crippen LogP contribution in [0.3, 0.4) is 0 Å². The summed E-state index contributed by atoms with van der Waals surface area (Å²) in [6.07, 6.45) is -0.216. The highest BCUT2D eigenvalue weighted by Gasteiger charge is 2.18. The predicted octanol–water partition coefficient (Wildman–Crippen LogP) is 1.99. The summed E-state index contributed by atoms with van der Waals surface area (Å²) in [6, 6.07) is 9.86. The van der Waals surface area contributed by atoms with Gasteiger partial charge in [0.15, 0.2) is 5.82 Å². The number of anilines is 1. The Balaban J connectivity index is 1.78. The van der Waals surface area contributed by atoms with E-state index in [2.05, 4.69) is 15.8 Å². The number of rotatable bonds is 9. The maximum absolute atomic E-state index is 12.1. The molecule has 0 aliphatic heterocycles. The predicted molar refractivity (Wildman–Crippen MR) is 96.8 cm³/mol. The summed E-state index contributed by atoms with van der Waals surface area (Å²) in [4.78, 5) is 34.9. The fourth-order valence-electron chi connectivity index (χ4n) is 2.19. The van der Waals surface area contributed by atoms with Crippen LogP contribution in [0, 0.1) is 6.92 Å². The van der Waals surface area contributed by atoms with Crippen LogP contribution in [-0.2, 0) is 14.4 Å². The van der Waals surface area contributed by atoms with E-state index in [-0.39, 0.29) is 29.7 Å². The maximum Gasteiger partial charge on any atom is 0.305 e. The van der Waals surface area contributed by atoms with Crippen LogP contribution in [0.4, 0.5) is 5.82 Å². The van der Waals surface area contributed by atoms with Crippen LogP contribution in [-0.4, -0.2) is 39.6 Å². The van der Waals surface area contributed by atoms with Gasteiger partial charge in [0.25, 0.3) is 0 Å². The van der Waals surface area contributed by atoms with Gasteiger partial charge in [-0.1, -0.05) is 35.5 Å². The van der Waals surface area contributed by atoms with Crippen molar-refractivity contribution in [3.63, 3.8) is 0 Å². The molecule has 0 aliphatic rings. The average Bonchev–Trinajstić information content (AvgIpc) is 2.99. The number of nitrogens with zero attached hydrogens (tertiary/aromatic N) is 1. The fraction of sp³-hybridized carbons (Fsp3) is 0.294. The molecule has 3 N–H and O–H groups in total. The molecule has 0 spiro atoms. The highest BCUT2D eigenvalue weighted by molar-refractivity contribution is 8.00. The first-order valence-electron chi connectivity index (χ1n) is 7.81. The SMILES string of the molecule is Cc1cc(NC(=O)CSCC(=O)NC(CC(=O)O)c2ccccc2)no1. The summed E-state index contributed by atoms with van der Waals surface area (Å²) in [5, 5.41) is 17.9. The number of carbonyl (C=O) groups is 3. The van der Waals surface area contributed by atoms with Crippen LogP contribution < -0.4 is 10.6 Å². The van der Waals surface area contributed by atoms with E-state index in [9.17, 15) is 14.4 Å². The van der Waals surface area contributed by atoms with Crippen molar-refractivity contribution < 1.29 is 24.0 Å². The lowest BCUT2D eigenvalue weighted by Crippen LogP contribution is -2.31. The first-order chi connectivity index (χ1) is 12.4. The van der Waals surface area contributed by atoms with Gasteiger partial charge in [0, 0.05) is 6.07 Å². The van der Waals surface area contributed by atoms with Crippen molar-refractivity contribution in [2.45, 2.75) is 19.4 Å². The van der Waals surface area contributed by atoms with E-state index < -0.39 is 12.0 Å². The molecule has 2 rings (SSSR count). The van der Waals surface area contributed by atoms with Gasteiger partial charge in [-0.2, -0.15) is 0 Å². The zero-order chi connectivity index (χ0) is 18.9. The van der Waals surface area contributed by atoms with E-state index in [0.29, 0.717) is 17.1 Å². The molecular formula is C17H19N3O5S. The average molecular weight is 377 g/mol. The number of aliphatic carboxylic acids is 1. The molecule has 0 aliphatic carbocycles. The van der Waals surface area contributed by atoms with Crippen molar-refractivity contribution >= 4 is 35.4 Å². The zero-order valence-electron chi connectivity index (χ0n) is 14.1. The van der Waals surface area contributed by atoms with E-state index in [1.54, 1.807) is 37.3 Å². The summed E-state index contributed by atoms with van der Waals surface area (Å²) < 4.78 is 4.84. The Morgan fingerprint density at radius 1 is 1.19 bits per heavy atom. The second-order valence-electron chi connectivity index (χ2n) is 5.49. The van der Waals surface area contributed by atoms with Crippen LogP contribution in [0.1, 0.15) is 23.8 Å². The molecule has 2 aromatic rings. The third kappa shape index (κ3) is 6.60. The third-order valence-corrected chi connectivity index (χ3v) is 4.21. The second-order valence-corrected chi connectivity index (χ2v) is 6.48. The molecule has 26 heavy (non-hydrogen) atoms. The lowest BCUT2D eigenvalue weighted by Gasteiger charge is -2.17. The number of aryl methyl sites for hydroxylation is 1. The minimum Gasteiger partial charge on any atom is -0.481 e. The number of thioether (sulfide) groups is 1. The third-order valence-electron chi connectivity index (χ3n) is 3.28. The van der Waals surface area contributed by atoms with Gasteiger partial charge < -0.3 is 20.3 Å². The van der Waals surface area contributed by atoms with Crippen LogP contribution in [0.5, 0.6) is 0 Å². The summed E-state index contributed by atoms with van der Waals surface area (Å²) in [7, 11) is 0. The molecule has 9 heteroatoms. The van der Waals surface area contributed by atoms with Crippen molar-refractivity contribution in [3.8, 4) is 0 Å². The van der Waals surface area contributed by atoms with Gasteiger partial charge in [0.2, 0.25) is 11.8 Å². The molecule has 1 unspecified atom stereocenters. The minimum atomic E-state index is -1.01. The highest BCUT2D eigenvalue weighted by atomic mass is 32.2. The number of benzene rings is 1. The second kappa shape index (κ2) is 9.62. The molecule has 138 valence electrons. The van der Waals surface area contributed by atoms with E-state index in [0.717, 1.165) is 11.8 Å². The van der Waals surface area contributed by atoms with Crippen molar-refractivity contribution in [1.82, 2.24) is 10.5 Å². The van der Waals surface area contributed by atoms with Gasteiger partial charge in [-0.15, -0.1) is 11.8 Å². The molecule has 0 saturated carbocycles. The van der Waals surface area contributed by atoms with Gasteiger partial charge in [-0.25, -0.2) is 0 Å². The lowest BCUT2D eigenvalue weighted by molar-refractivity contribution is -0.137. The van der Waals surface area contributed by atoms with Gasteiger partial charge in [0.1, 0.15) is 5.76 Å². The molecule has 2 amide bonds. The highest BCUT2D eigenvalue weighted by Crippen LogP contribution is 2.17.